The topological polar surface area (TPSA) is 92.4 Å². The van der Waals surface area contributed by atoms with E-state index in [0.29, 0.717) is 28.0 Å². The largest absolute Gasteiger partial charge is 0.396 e. The molecule has 5 nitrogen and oxygen atoms in total. The Hall–Kier alpha value is -2.37. The van der Waals surface area contributed by atoms with E-state index in [9.17, 15) is 9.59 Å². The van der Waals surface area contributed by atoms with Crippen LogP contribution in [0.2, 0.25) is 5.02 Å². The second kappa shape index (κ2) is 10.9. The standard InChI is InChI=1S/C21H28ClNO2.C7H7NO/c22-19-4-3-14(2-1-5-24)9-18(19)20(25)23-13-21-10-15-6-16(11-21)8-17(7-15)12-21;8-7(9)6-4-2-1-3-5-6/h3-4,9,15-17,24H,1-2,5-8,10-13H2,(H,23,25);1-5H,(H2,8,9). The van der Waals surface area contributed by atoms with Gasteiger partial charge in [-0.25, -0.2) is 0 Å². The molecule has 34 heavy (non-hydrogen) atoms. The Morgan fingerprint density at radius 1 is 1.00 bits per heavy atom. The average molecular weight is 483 g/mol. The zero-order valence-corrected chi connectivity index (χ0v) is 20.4. The highest BCUT2D eigenvalue weighted by molar-refractivity contribution is 6.33. The maximum atomic E-state index is 12.7. The molecular formula is C28H35ClN2O3. The number of halogens is 1. The highest BCUT2D eigenvalue weighted by Crippen LogP contribution is 2.59. The molecule has 4 N–H and O–H groups in total. The molecule has 0 unspecified atom stereocenters. The van der Waals surface area contributed by atoms with Crippen molar-refractivity contribution in [3.05, 3.63) is 70.2 Å². The van der Waals surface area contributed by atoms with E-state index < -0.39 is 0 Å². The summed E-state index contributed by atoms with van der Waals surface area (Å²) in [7, 11) is 0. The Bertz CT molecular complexity index is 973. The predicted octanol–water partition coefficient (Wildman–Crippen LogP) is 5.00. The lowest BCUT2D eigenvalue weighted by Crippen LogP contribution is -2.51. The van der Waals surface area contributed by atoms with Crippen molar-refractivity contribution in [3.63, 3.8) is 0 Å². The van der Waals surface area contributed by atoms with Gasteiger partial charge >= 0.3 is 0 Å². The summed E-state index contributed by atoms with van der Waals surface area (Å²) < 4.78 is 0. The van der Waals surface area contributed by atoms with Gasteiger partial charge in [0.05, 0.1) is 10.6 Å². The minimum Gasteiger partial charge on any atom is -0.396 e. The summed E-state index contributed by atoms with van der Waals surface area (Å²) in [5.41, 5.74) is 7.49. The van der Waals surface area contributed by atoms with Gasteiger partial charge in [0.15, 0.2) is 0 Å². The van der Waals surface area contributed by atoms with Crippen molar-refractivity contribution in [1.29, 1.82) is 0 Å². The number of nitrogens with two attached hydrogens (primary N) is 1. The second-order valence-electron chi connectivity index (χ2n) is 10.5. The van der Waals surface area contributed by atoms with Gasteiger partial charge in [0.2, 0.25) is 5.91 Å². The third kappa shape index (κ3) is 6.00. The van der Waals surface area contributed by atoms with Gasteiger partial charge in [-0.1, -0.05) is 35.9 Å². The number of hydrogen-bond donors (Lipinski definition) is 3. The van der Waals surface area contributed by atoms with Crippen LogP contribution in [0.5, 0.6) is 0 Å². The molecular weight excluding hydrogens is 448 g/mol. The van der Waals surface area contributed by atoms with Crippen LogP contribution >= 0.6 is 11.6 Å². The number of aliphatic hydroxyl groups is 1. The minimum absolute atomic E-state index is 0.0495. The number of amides is 2. The molecule has 4 bridgehead atoms. The zero-order valence-electron chi connectivity index (χ0n) is 19.6. The van der Waals surface area contributed by atoms with E-state index in [1.807, 2.05) is 18.2 Å². The normalized spacial score (nSPS) is 26.5. The maximum absolute atomic E-state index is 12.7. The summed E-state index contributed by atoms with van der Waals surface area (Å²) in [4.78, 5) is 23.2. The molecule has 182 valence electrons. The van der Waals surface area contributed by atoms with E-state index in [1.54, 1.807) is 30.3 Å². The summed E-state index contributed by atoms with van der Waals surface area (Å²) in [6, 6.07) is 14.4. The smallest absolute Gasteiger partial charge is 0.252 e. The quantitative estimate of drug-likeness (QED) is 0.518. The molecule has 0 radical (unpaired) electrons. The van der Waals surface area contributed by atoms with Crippen LogP contribution in [0.4, 0.5) is 0 Å². The van der Waals surface area contributed by atoms with Gasteiger partial charge < -0.3 is 16.2 Å². The zero-order chi connectivity index (χ0) is 24.1. The molecule has 6 heteroatoms. The number of benzene rings is 2. The van der Waals surface area contributed by atoms with Crippen molar-refractivity contribution in [2.24, 2.45) is 28.9 Å². The molecule has 2 amide bonds. The van der Waals surface area contributed by atoms with Gasteiger partial charge in [-0.2, -0.15) is 0 Å². The van der Waals surface area contributed by atoms with E-state index in [0.717, 1.165) is 36.3 Å². The first kappa shape index (κ1) is 24.7. The highest BCUT2D eigenvalue weighted by atomic mass is 35.5. The Morgan fingerprint density at radius 3 is 2.15 bits per heavy atom. The molecule has 0 spiro atoms. The number of hydrogen-bond acceptors (Lipinski definition) is 3. The van der Waals surface area contributed by atoms with Crippen molar-refractivity contribution in [2.75, 3.05) is 13.2 Å². The van der Waals surface area contributed by atoms with Gasteiger partial charge in [0, 0.05) is 18.7 Å². The van der Waals surface area contributed by atoms with Crippen LogP contribution < -0.4 is 11.1 Å². The molecule has 6 rings (SSSR count). The summed E-state index contributed by atoms with van der Waals surface area (Å²) in [5, 5.41) is 12.7. The van der Waals surface area contributed by atoms with Crippen LogP contribution in [0.25, 0.3) is 0 Å². The number of aliphatic hydroxyl groups excluding tert-OH is 1. The van der Waals surface area contributed by atoms with E-state index in [2.05, 4.69) is 5.32 Å². The molecule has 4 aliphatic rings. The summed E-state index contributed by atoms with van der Waals surface area (Å²) in [6.45, 7) is 0.961. The molecule has 0 aromatic heterocycles. The molecule has 4 fully saturated rings. The van der Waals surface area contributed by atoms with E-state index in [-0.39, 0.29) is 18.4 Å². The van der Waals surface area contributed by atoms with E-state index >= 15 is 0 Å². The monoisotopic (exact) mass is 482 g/mol. The average Bonchev–Trinajstić information content (AvgIpc) is 2.82. The fraction of sp³-hybridized carbons (Fsp3) is 0.500. The Balaban J connectivity index is 0.000000257. The number of primary amides is 1. The van der Waals surface area contributed by atoms with Crippen molar-refractivity contribution >= 4 is 23.4 Å². The van der Waals surface area contributed by atoms with Crippen LogP contribution in [-0.4, -0.2) is 30.1 Å². The second-order valence-corrected chi connectivity index (χ2v) is 10.9. The fourth-order valence-electron chi connectivity index (χ4n) is 6.66. The first-order chi connectivity index (χ1) is 16.4. The van der Waals surface area contributed by atoms with Crippen LogP contribution in [0, 0.1) is 23.2 Å². The number of carbonyl (C=O) groups excluding carboxylic acids is 2. The van der Waals surface area contributed by atoms with Crippen LogP contribution in [0.1, 0.15) is 71.2 Å². The SMILES string of the molecule is NC(=O)c1ccccc1.O=C(NCC12CC3CC(CC(C3)C1)C2)c1cc(CCCO)ccc1Cl. The number of rotatable bonds is 7. The van der Waals surface area contributed by atoms with Gasteiger partial charge in [0.1, 0.15) is 0 Å². The van der Waals surface area contributed by atoms with Crippen molar-refractivity contribution in [2.45, 2.75) is 51.4 Å². The maximum Gasteiger partial charge on any atom is 0.252 e. The number of aryl methyl sites for hydroxylation is 1. The lowest BCUT2D eigenvalue weighted by Gasteiger charge is -2.56. The summed E-state index contributed by atoms with van der Waals surface area (Å²) >= 11 is 6.27. The fourth-order valence-corrected chi connectivity index (χ4v) is 6.86. The molecule has 4 aliphatic carbocycles. The number of carbonyl (C=O) groups is 2. The lowest BCUT2D eigenvalue weighted by molar-refractivity contribution is -0.0503. The van der Waals surface area contributed by atoms with Crippen molar-refractivity contribution in [1.82, 2.24) is 5.32 Å². The molecule has 0 atom stereocenters. The number of nitrogens with one attached hydrogen (secondary N) is 1. The minimum atomic E-state index is -0.379. The van der Waals surface area contributed by atoms with Crippen molar-refractivity contribution in [3.8, 4) is 0 Å². The van der Waals surface area contributed by atoms with Crippen molar-refractivity contribution < 1.29 is 14.7 Å². The van der Waals surface area contributed by atoms with Crippen LogP contribution in [-0.2, 0) is 6.42 Å². The van der Waals surface area contributed by atoms with Gasteiger partial charge in [-0.15, -0.1) is 0 Å². The first-order valence-electron chi connectivity index (χ1n) is 12.4. The Kier molecular flexibility index (Phi) is 7.95. The van der Waals surface area contributed by atoms with Gasteiger partial charge in [-0.3, -0.25) is 9.59 Å². The van der Waals surface area contributed by atoms with Gasteiger partial charge in [-0.05, 0) is 104 Å². The molecule has 2 aromatic carbocycles. The molecule has 2 aromatic rings. The third-order valence-corrected chi connectivity index (χ3v) is 8.08. The Labute approximate surface area is 207 Å². The van der Waals surface area contributed by atoms with E-state index in [4.69, 9.17) is 22.4 Å². The Morgan fingerprint density at radius 2 is 1.62 bits per heavy atom. The van der Waals surface area contributed by atoms with Crippen LogP contribution in [0.15, 0.2) is 48.5 Å². The van der Waals surface area contributed by atoms with Crippen LogP contribution in [0.3, 0.4) is 0 Å². The molecule has 0 heterocycles. The summed E-state index contributed by atoms with van der Waals surface area (Å²) in [5.74, 6) is 2.26. The molecule has 0 aliphatic heterocycles. The lowest BCUT2D eigenvalue weighted by atomic mass is 9.49. The predicted molar refractivity (Wildman–Crippen MR) is 135 cm³/mol. The third-order valence-electron chi connectivity index (χ3n) is 7.75. The summed E-state index contributed by atoms with van der Waals surface area (Å²) in [6.07, 6.45) is 9.62. The first-order valence-corrected chi connectivity index (χ1v) is 12.8. The van der Waals surface area contributed by atoms with E-state index in [1.165, 1.54) is 38.5 Å². The molecule has 0 saturated heterocycles. The van der Waals surface area contributed by atoms with Gasteiger partial charge in [0.25, 0.3) is 5.91 Å². The highest BCUT2D eigenvalue weighted by Gasteiger charge is 2.50. The molecule has 4 saturated carbocycles.